The number of ether oxygens (including phenoxy) is 1. The molecule has 1 fully saturated rings. The maximum Gasteiger partial charge on any atom is 0.119 e. The highest BCUT2D eigenvalue weighted by Gasteiger charge is 2.12. The number of nitrogens with one attached hydrogen (secondary N) is 1. The minimum atomic E-state index is 0.743. The first-order chi connectivity index (χ1) is 8.38. The van der Waals surface area contributed by atoms with Gasteiger partial charge in [0.15, 0.2) is 0 Å². The fourth-order valence-electron chi connectivity index (χ4n) is 2.47. The summed E-state index contributed by atoms with van der Waals surface area (Å²) < 4.78 is 5.44. The molecule has 1 atom stereocenters. The zero-order chi connectivity index (χ0) is 11.9. The van der Waals surface area contributed by atoms with Crippen LogP contribution in [0.2, 0.25) is 0 Å². The van der Waals surface area contributed by atoms with E-state index in [1.807, 2.05) is 6.92 Å². The van der Waals surface area contributed by atoms with Crippen molar-refractivity contribution in [1.29, 1.82) is 0 Å². The van der Waals surface area contributed by atoms with Crippen molar-refractivity contribution < 1.29 is 4.74 Å². The molecule has 2 nitrogen and oxygen atoms in total. The molecule has 94 valence electrons. The van der Waals surface area contributed by atoms with Crippen LogP contribution >= 0.6 is 0 Å². The molecule has 1 aliphatic heterocycles. The lowest BCUT2D eigenvalue weighted by Gasteiger charge is -2.09. The molecule has 2 heteroatoms. The van der Waals surface area contributed by atoms with Crippen LogP contribution in [0.5, 0.6) is 5.75 Å². The van der Waals surface area contributed by atoms with E-state index >= 15 is 0 Å². The van der Waals surface area contributed by atoms with Crippen molar-refractivity contribution in [3.63, 3.8) is 0 Å². The summed E-state index contributed by atoms with van der Waals surface area (Å²) in [5, 5.41) is 3.55. The molecule has 0 saturated carbocycles. The molecule has 1 heterocycles. The predicted molar refractivity (Wildman–Crippen MR) is 71.6 cm³/mol. The second-order valence-electron chi connectivity index (χ2n) is 4.76. The Balaban J connectivity index is 1.70. The predicted octanol–water partition coefficient (Wildman–Crippen LogP) is 3.16. The lowest BCUT2D eigenvalue weighted by Crippen LogP contribution is -2.20. The van der Waals surface area contributed by atoms with Crippen LogP contribution in [-0.4, -0.2) is 19.2 Å². The van der Waals surface area contributed by atoms with Crippen LogP contribution in [-0.2, 0) is 6.42 Å². The molecule has 2 rings (SSSR count). The van der Waals surface area contributed by atoms with Gasteiger partial charge in [0.1, 0.15) is 5.75 Å². The molecule has 0 amide bonds. The Hall–Kier alpha value is -1.02. The van der Waals surface area contributed by atoms with E-state index in [1.54, 1.807) is 0 Å². The summed E-state index contributed by atoms with van der Waals surface area (Å²) >= 11 is 0. The van der Waals surface area contributed by atoms with Crippen molar-refractivity contribution in [3.8, 4) is 5.75 Å². The Bertz CT molecular complexity index is 314. The number of aryl methyl sites for hydroxylation is 1. The third kappa shape index (κ3) is 4.04. The van der Waals surface area contributed by atoms with E-state index in [1.165, 1.54) is 44.2 Å². The smallest absolute Gasteiger partial charge is 0.119 e. The van der Waals surface area contributed by atoms with Crippen LogP contribution in [0.15, 0.2) is 24.3 Å². The van der Waals surface area contributed by atoms with Crippen LogP contribution in [0.1, 0.15) is 38.2 Å². The Kier molecular flexibility index (Phi) is 4.87. The Labute approximate surface area is 104 Å². The molecule has 1 saturated heterocycles. The molecule has 1 aromatic carbocycles. The molecule has 0 bridgehead atoms. The van der Waals surface area contributed by atoms with Gasteiger partial charge in [0.25, 0.3) is 0 Å². The van der Waals surface area contributed by atoms with Gasteiger partial charge in [-0.05, 0) is 63.3 Å². The molecular weight excluding hydrogens is 210 g/mol. The van der Waals surface area contributed by atoms with Crippen LogP contribution in [0, 0.1) is 0 Å². The van der Waals surface area contributed by atoms with Crippen molar-refractivity contribution in [2.75, 3.05) is 13.2 Å². The van der Waals surface area contributed by atoms with Gasteiger partial charge in [-0.15, -0.1) is 0 Å². The van der Waals surface area contributed by atoms with E-state index in [-0.39, 0.29) is 0 Å². The number of rotatable bonds is 6. The summed E-state index contributed by atoms with van der Waals surface area (Å²) in [7, 11) is 0. The van der Waals surface area contributed by atoms with Gasteiger partial charge in [0.2, 0.25) is 0 Å². The minimum absolute atomic E-state index is 0.743. The summed E-state index contributed by atoms with van der Waals surface area (Å²) in [4.78, 5) is 0. The summed E-state index contributed by atoms with van der Waals surface area (Å²) in [6, 6.07) is 9.30. The molecule has 1 aliphatic rings. The lowest BCUT2D eigenvalue weighted by molar-refractivity contribution is 0.340. The normalized spacial score (nSPS) is 19.5. The lowest BCUT2D eigenvalue weighted by atomic mass is 10.0. The average Bonchev–Trinajstić information content (AvgIpc) is 2.85. The van der Waals surface area contributed by atoms with E-state index in [2.05, 4.69) is 29.6 Å². The van der Waals surface area contributed by atoms with Gasteiger partial charge in [-0.3, -0.25) is 0 Å². The first-order valence-electron chi connectivity index (χ1n) is 6.83. The third-order valence-electron chi connectivity index (χ3n) is 3.41. The summed E-state index contributed by atoms with van der Waals surface area (Å²) in [6.07, 6.45) is 6.50. The van der Waals surface area contributed by atoms with E-state index in [0.717, 1.165) is 18.4 Å². The quantitative estimate of drug-likeness (QED) is 0.815. The van der Waals surface area contributed by atoms with Gasteiger partial charge < -0.3 is 10.1 Å². The van der Waals surface area contributed by atoms with Crippen LogP contribution in [0.25, 0.3) is 0 Å². The number of benzene rings is 1. The SMILES string of the molecule is CCOc1ccc(CCCC2CCCN2)cc1. The van der Waals surface area contributed by atoms with Crippen molar-refractivity contribution in [3.05, 3.63) is 29.8 Å². The molecule has 0 aromatic heterocycles. The summed E-state index contributed by atoms with van der Waals surface area (Å²) in [5.74, 6) is 0.980. The fourth-order valence-corrected chi connectivity index (χ4v) is 2.47. The maximum absolute atomic E-state index is 5.44. The highest BCUT2D eigenvalue weighted by atomic mass is 16.5. The van der Waals surface area contributed by atoms with Crippen molar-refractivity contribution in [2.45, 2.75) is 45.1 Å². The molecule has 0 spiro atoms. The zero-order valence-corrected chi connectivity index (χ0v) is 10.7. The third-order valence-corrected chi connectivity index (χ3v) is 3.41. The second kappa shape index (κ2) is 6.65. The molecule has 1 N–H and O–H groups in total. The Morgan fingerprint density at radius 1 is 1.29 bits per heavy atom. The minimum Gasteiger partial charge on any atom is -0.494 e. The fraction of sp³-hybridized carbons (Fsp3) is 0.600. The molecular formula is C15H23NO. The van der Waals surface area contributed by atoms with Gasteiger partial charge >= 0.3 is 0 Å². The first kappa shape index (κ1) is 12.4. The highest BCUT2D eigenvalue weighted by Crippen LogP contribution is 2.16. The largest absolute Gasteiger partial charge is 0.494 e. The Morgan fingerprint density at radius 2 is 2.12 bits per heavy atom. The standard InChI is InChI=1S/C15H23NO/c1-2-17-15-10-8-13(9-11-15)5-3-6-14-7-4-12-16-14/h8-11,14,16H,2-7,12H2,1H3. The van der Waals surface area contributed by atoms with Crippen molar-refractivity contribution >= 4 is 0 Å². The van der Waals surface area contributed by atoms with Crippen LogP contribution < -0.4 is 10.1 Å². The van der Waals surface area contributed by atoms with Crippen LogP contribution in [0.4, 0.5) is 0 Å². The van der Waals surface area contributed by atoms with Gasteiger partial charge in [0, 0.05) is 6.04 Å². The van der Waals surface area contributed by atoms with Gasteiger partial charge in [0.05, 0.1) is 6.61 Å². The topological polar surface area (TPSA) is 21.3 Å². The van der Waals surface area contributed by atoms with Gasteiger partial charge in [-0.25, -0.2) is 0 Å². The summed E-state index contributed by atoms with van der Waals surface area (Å²) in [5.41, 5.74) is 1.42. The van der Waals surface area contributed by atoms with Crippen molar-refractivity contribution in [2.24, 2.45) is 0 Å². The van der Waals surface area contributed by atoms with E-state index < -0.39 is 0 Å². The monoisotopic (exact) mass is 233 g/mol. The molecule has 0 aliphatic carbocycles. The van der Waals surface area contributed by atoms with Gasteiger partial charge in [-0.1, -0.05) is 12.1 Å². The maximum atomic E-state index is 5.44. The average molecular weight is 233 g/mol. The van der Waals surface area contributed by atoms with Crippen LogP contribution in [0.3, 0.4) is 0 Å². The summed E-state index contributed by atoms with van der Waals surface area (Å²) in [6.45, 7) is 3.98. The van der Waals surface area contributed by atoms with E-state index in [0.29, 0.717) is 0 Å². The number of hydrogen-bond donors (Lipinski definition) is 1. The molecule has 17 heavy (non-hydrogen) atoms. The number of hydrogen-bond acceptors (Lipinski definition) is 2. The van der Waals surface area contributed by atoms with E-state index in [4.69, 9.17) is 4.74 Å². The molecule has 1 unspecified atom stereocenters. The van der Waals surface area contributed by atoms with Gasteiger partial charge in [-0.2, -0.15) is 0 Å². The van der Waals surface area contributed by atoms with Crippen molar-refractivity contribution in [1.82, 2.24) is 5.32 Å². The zero-order valence-electron chi connectivity index (χ0n) is 10.7. The second-order valence-corrected chi connectivity index (χ2v) is 4.76. The molecule has 1 aromatic rings. The highest BCUT2D eigenvalue weighted by molar-refractivity contribution is 5.27. The molecule has 0 radical (unpaired) electrons. The van der Waals surface area contributed by atoms with E-state index in [9.17, 15) is 0 Å². The first-order valence-corrected chi connectivity index (χ1v) is 6.83. The Morgan fingerprint density at radius 3 is 2.76 bits per heavy atom.